The van der Waals surface area contributed by atoms with Crippen molar-refractivity contribution in [3.05, 3.63) is 35.9 Å². The summed E-state index contributed by atoms with van der Waals surface area (Å²) >= 11 is 0. The summed E-state index contributed by atoms with van der Waals surface area (Å²) in [5.41, 5.74) is 0.297. The lowest BCUT2D eigenvalue weighted by Gasteiger charge is -2.19. The number of carbonyl (C=O) groups is 2. The van der Waals surface area contributed by atoms with Crippen LogP contribution in [-0.2, 0) is 19.0 Å². The Bertz CT molecular complexity index is 504. The fourth-order valence-electron chi connectivity index (χ4n) is 2.15. The van der Waals surface area contributed by atoms with Crippen molar-refractivity contribution in [2.24, 2.45) is 0 Å². The molecule has 0 N–H and O–H groups in total. The summed E-state index contributed by atoms with van der Waals surface area (Å²) in [6, 6.07) is 8.22. The van der Waals surface area contributed by atoms with E-state index in [-0.39, 0.29) is 0 Å². The van der Waals surface area contributed by atoms with Crippen molar-refractivity contribution < 1.29 is 28.2 Å². The van der Waals surface area contributed by atoms with Crippen LogP contribution in [0.2, 0.25) is 0 Å². The van der Waals surface area contributed by atoms with E-state index in [2.05, 4.69) is 0 Å². The quantitative estimate of drug-likeness (QED) is 0.797. The lowest BCUT2D eigenvalue weighted by Crippen LogP contribution is -2.36. The molecule has 0 spiro atoms. The molecule has 2 rings (SSSR count). The van der Waals surface area contributed by atoms with Gasteiger partial charge in [0.2, 0.25) is 6.29 Å². The van der Waals surface area contributed by atoms with Gasteiger partial charge in [-0.05, 0) is 18.6 Å². The van der Waals surface area contributed by atoms with Crippen molar-refractivity contribution in [2.75, 3.05) is 0 Å². The number of esters is 2. The molecule has 0 saturated carbocycles. The van der Waals surface area contributed by atoms with E-state index in [1.54, 1.807) is 37.3 Å². The van der Waals surface area contributed by atoms with E-state index in [1.807, 2.05) is 0 Å². The standard InChI is InChI=1S/C15H17FO5/c1-3-11-12(16)13(15(20-11)19-9(2)17)21-14(18)10-7-5-4-6-8-10/h4-8,11-13,15H,3H2,1-2H3/t11-,12-,13-,15?/m1/s1. The molecule has 21 heavy (non-hydrogen) atoms. The maximum Gasteiger partial charge on any atom is 0.338 e. The second-order valence-electron chi connectivity index (χ2n) is 4.74. The molecule has 0 bridgehead atoms. The van der Waals surface area contributed by atoms with Gasteiger partial charge in [0.25, 0.3) is 0 Å². The highest BCUT2D eigenvalue weighted by Gasteiger charge is 2.48. The molecule has 0 amide bonds. The maximum absolute atomic E-state index is 14.2. The largest absolute Gasteiger partial charge is 0.449 e. The van der Waals surface area contributed by atoms with Crippen LogP contribution in [0.3, 0.4) is 0 Å². The van der Waals surface area contributed by atoms with Crippen LogP contribution < -0.4 is 0 Å². The first-order valence-electron chi connectivity index (χ1n) is 6.75. The molecule has 1 saturated heterocycles. The molecule has 6 heteroatoms. The smallest absolute Gasteiger partial charge is 0.338 e. The van der Waals surface area contributed by atoms with Gasteiger partial charge in [-0.3, -0.25) is 4.79 Å². The normalized spacial score (nSPS) is 28.1. The van der Waals surface area contributed by atoms with Crippen molar-refractivity contribution in [1.29, 1.82) is 0 Å². The predicted octanol–water partition coefficient (Wildman–Crippen LogP) is 2.25. The number of carbonyl (C=O) groups excluding carboxylic acids is 2. The number of hydrogen-bond donors (Lipinski definition) is 0. The summed E-state index contributed by atoms with van der Waals surface area (Å²) in [4.78, 5) is 23.0. The number of ether oxygens (including phenoxy) is 3. The van der Waals surface area contributed by atoms with E-state index in [4.69, 9.17) is 14.2 Å². The van der Waals surface area contributed by atoms with Gasteiger partial charge in [0, 0.05) is 6.92 Å². The van der Waals surface area contributed by atoms with Crippen LogP contribution in [0, 0.1) is 0 Å². The number of rotatable bonds is 4. The minimum atomic E-state index is -1.54. The van der Waals surface area contributed by atoms with Crippen LogP contribution in [0.15, 0.2) is 30.3 Å². The molecule has 4 atom stereocenters. The Hall–Kier alpha value is -1.95. The molecule has 0 aliphatic carbocycles. The van der Waals surface area contributed by atoms with Gasteiger partial charge < -0.3 is 14.2 Å². The Balaban J connectivity index is 2.11. The second kappa shape index (κ2) is 6.67. The van der Waals surface area contributed by atoms with Crippen LogP contribution in [0.1, 0.15) is 30.6 Å². The van der Waals surface area contributed by atoms with Crippen molar-refractivity contribution in [2.45, 2.75) is 44.9 Å². The molecule has 1 fully saturated rings. The van der Waals surface area contributed by atoms with E-state index in [0.29, 0.717) is 12.0 Å². The average Bonchev–Trinajstić information content (AvgIpc) is 2.76. The molecule has 1 heterocycles. The molecule has 0 radical (unpaired) electrons. The fourth-order valence-corrected chi connectivity index (χ4v) is 2.15. The van der Waals surface area contributed by atoms with E-state index in [0.717, 1.165) is 0 Å². The zero-order valence-corrected chi connectivity index (χ0v) is 11.8. The third-order valence-electron chi connectivity index (χ3n) is 3.18. The zero-order chi connectivity index (χ0) is 15.4. The van der Waals surface area contributed by atoms with E-state index < -0.39 is 36.6 Å². The molecular formula is C15H17FO5. The molecule has 0 aromatic heterocycles. The molecule has 5 nitrogen and oxygen atoms in total. The average molecular weight is 296 g/mol. The lowest BCUT2D eigenvalue weighted by molar-refractivity contribution is -0.186. The lowest BCUT2D eigenvalue weighted by atomic mass is 10.1. The van der Waals surface area contributed by atoms with Gasteiger partial charge in [0.15, 0.2) is 12.3 Å². The molecular weight excluding hydrogens is 279 g/mol. The predicted molar refractivity (Wildman–Crippen MR) is 71.3 cm³/mol. The van der Waals surface area contributed by atoms with Gasteiger partial charge in [0.1, 0.15) is 0 Å². The first-order chi connectivity index (χ1) is 10.0. The van der Waals surface area contributed by atoms with Crippen molar-refractivity contribution in [3.63, 3.8) is 0 Å². The van der Waals surface area contributed by atoms with Gasteiger partial charge in [-0.2, -0.15) is 0 Å². The highest BCUT2D eigenvalue weighted by Crippen LogP contribution is 2.30. The van der Waals surface area contributed by atoms with Gasteiger partial charge in [-0.1, -0.05) is 25.1 Å². The number of hydrogen-bond acceptors (Lipinski definition) is 5. The Labute approximate surface area is 122 Å². The second-order valence-corrected chi connectivity index (χ2v) is 4.74. The van der Waals surface area contributed by atoms with Crippen molar-refractivity contribution in [3.8, 4) is 0 Å². The monoisotopic (exact) mass is 296 g/mol. The van der Waals surface area contributed by atoms with E-state index in [9.17, 15) is 14.0 Å². The zero-order valence-electron chi connectivity index (χ0n) is 11.8. The van der Waals surface area contributed by atoms with Gasteiger partial charge in [-0.15, -0.1) is 0 Å². The summed E-state index contributed by atoms with van der Waals surface area (Å²) < 4.78 is 29.5. The van der Waals surface area contributed by atoms with Crippen LogP contribution >= 0.6 is 0 Å². The first kappa shape index (κ1) is 15.4. The molecule has 1 unspecified atom stereocenters. The van der Waals surface area contributed by atoms with Crippen LogP contribution in [0.25, 0.3) is 0 Å². The molecule has 1 aromatic carbocycles. The van der Waals surface area contributed by atoms with Gasteiger partial charge in [0.05, 0.1) is 11.7 Å². The van der Waals surface area contributed by atoms with Crippen LogP contribution in [-0.4, -0.2) is 36.6 Å². The number of halogens is 1. The Morgan fingerprint density at radius 3 is 2.48 bits per heavy atom. The molecule has 114 valence electrons. The van der Waals surface area contributed by atoms with Crippen molar-refractivity contribution in [1.82, 2.24) is 0 Å². The molecule has 1 aliphatic heterocycles. The van der Waals surface area contributed by atoms with Crippen LogP contribution in [0.5, 0.6) is 0 Å². The topological polar surface area (TPSA) is 61.8 Å². The Kier molecular flexibility index (Phi) is 4.90. The summed E-state index contributed by atoms with van der Waals surface area (Å²) in [6.07, 6.45) is -4.38. The fraction of sp³-hybridized carbons (Fsp3) is 0.467. The maximum atomic E-state index is 14.2. The highest BCUT2D eigenvalue weighted by molar-refractivity contribution is 5.89. The van der Waals surface area contributed by atoms with Gasteiger partial charge >= 0.3 is 11.9 Å². The number of alkyl halides is 1. The number of benzene rings is 1. The van der Waals surface area contributed by atoms with Crippen LogP contribution in [0.4, 0.5) is 4.39 Å². The Morgan fingerprint density at radius 1 is 1.24 bits per heavy atom. The first-order valence-corrected chi connectivity index (χ1v) is 6.75. The minimum absolute atomic E-state index is 0.297. The molecule has 1 aromatic rings. The molecule has 1 aliphatic rings. The van der Waals surface area contributed by atoms with E-state index >= 15 is 0 Å². The third kappa shape index (κ3) is 3.58. The highest BCUT2D eigenvalue weighted by atomic mass is 19.1. The summed E-state index contributed by atoms with van der Waals surface area (Å²) in [7, 11) is 0. The van der Waals surface area contributed by atoms with Crippen molar-refractivity contribution >= 4 is 11.9 Å². The summed E-state index contributed by atoms with van der Waals surface area (Å²) in [5, 5.41) is 0. The Morgan fingerprint density at radius 2 is 1.90 bits per heavy atom. The minimum Gasteiger partial charge on any atom is -0.449 e. The third-order valence-corrected chi connectivity index (χ3v) is 3.18. The SMILES string of the molecule is CC[C@H]1OC(OC(C)=O)[C@H](OC(=O)c2ccccc2)[C@@H]1F. The van der Waals surface area contributed by atoms with E-state index in [1.165, 1.54) is 6.92 Å². The summed E-state index contributed by atoms with van der Waals surface area (Å²) in [5.74, 6) is -1.30. The van der Waals surface area contributed by atoms with Gasteiger partial charge in [-0.25, -0.2) is 9.18 Å². The summed E-state index contributed by atoms with van der Waals surface area (Å²) in [6.45, 7) is 2.93.